The second-order valence-corrected chi connectivity index (χ2v) is 11.6. The molecule has 0 bridgehead atoms. The van der Waals surface area contributed by atoms with Crippen molar-refractivity contribution in [1.82, 2.24) is 25.1 Å². The van der Waals surface area contributed by atoms with E-state index in [9.17, 15) is 4.79 Å². The standard InChI is InChI=1S/C33H38N8O3/c1-43-24-8-11-28(30(20-24)44-2)37-33(42)34-21-6-9-26-25(18-21)31(39-38-26)32-35-27-10-7-23(19-29(27)36-32)41-16-12-22(13-17-41)40-14-4-3-5-15-40/h6-11,18-20,22H,3-5,12-17H2,1-2H3,(H,35,36)(H,38,39)(H2,34,37,42). The van der Waals surface area contributed by atoms with Crippen molar-refractivity contribution in [3.63, 3.8) is 0 Å². The average Bonchev–Trinajstić information content (AvgIpc) is 3.69. The van der Waals surface area contributed by atoms with Crippen LogP contribution in [-0.2, 0) is 0 Å². The van der Waals surface area contributed by atoms with Crippen LogP contribution in [0.5, 0.6) is 11.5 Å². The SMILES string of the molecule is COc1ccc(NC(=O)Nc2ccc3[nH]nc(-c4nc5ccc(N6CCC(N7CCCCC7)CC6)cc5[nH]4)c3c2)c(OC)c1. The number of nitrogens with one attached hydrogen (secondary N) is 4. The molecule has 4 N–H and O–H groups in total. The minimum atomic E-state index is -0.394. The van der Waals surface area contributed by atoms with E-state index in [1.54, 1.807) is 32.4 Å². The molecule has 2 amide bonds. The molecule has 0 saturated carbocycles. The van der Waals surface area contributed by atoms with Crippen molar-refractivity contribution in [2.45, 2.75) is 38.1 Å². The van der Waals surface area contributed by atoms with Gasteiger partial charge in [0.1, 0.15) is 17.2 Å². The van der Waals surface area contributed by atoms with Gasteiger partial charge in [-0.15, -0.1) is 0 Å². The number of piperidine rings is 2. The summed E-state index contributed by atoms with van der Waals surface area (Å²) in [5, 5.41) is 14.3. The molecule has 0 aliphatic carbocycles. The van der Waals surface area contributed by atoms with Crippen molar-refractivity contribution in [3.05, 3.63) is 54.6 Å². The van der Waals surface area contributed by atoms with Gasteiger partial charge in [0.05, 0.1) is 36.5 Å². The number of aromatic nitrogens is 4. The number of benzene rings is 3. The molecule has 2 aromatic heterocycles. The van der Waals surface area contributed by atoms with Crippen LogP contribution in [0.15, 0.2) is 54.6 Å². The number of H-pyrrole nitrogens is 2. The van der Waals surface area contributed by atoms with Crippen LogP contribution < -0.4 is 25.0 Å². The van der Waals surface area contributed by atoms with Gasteiger partial charge < -0.3 is 34.9 Å². The van der Waals surface area contributed by atoms with E-state index in [1.165, 1.54) is 50.9 Å². The number of likely N-dealkylation sites (tertiary alicyclic amines) is 1. The number of imidazole rings is 1. The number of hydrogen-bond acceptors (Lipinski definition) is 7. The van der Waals surface area contributed by atoms with E-state index in [2.05, 4.69) is 53.8 Å². The topological polar surface area (TPSA) is 123 Å². The number of hydrogen-bond donors (Lipinski definition) is 4. The van der Waals surface area contributed by atoms with Gasteiger partial charge in [-0.05, 0) is 87.3 Å². The number of carbonyl (C=O) groups is 1. The fourth-order valence-electron chi connectivity index (χ4n) is 6.54. The molecular formula is C33H38N8O3. The molecular weight excluding hydrogens is 556 g/mol. The Kier molecular flexibility index (Phi) is 7.69. The summed E-state index contributed by atoms with van der Waals surface area (Å²) in [5.74, 6) is 1.82. The molecule has 11 nitrogen and oxygen atoms in total. The Hall–Kier alpha value is -4.77. The third-order valence-electron chi connectivity index (χ3n) is 8.90. The minimum Gasteiger partial charge on any atom is -0.497 e. The second-order valence-electron chi connectivity index (χ2n) is 11.6. The van der Waals surface area contributed by atoms with E-state index in [-0.39, 0.29) is 0 Å². The number of urea groups is 1. The average molecular weight is 595 g/mol. The lowest BCUT2D eigenvalue weighted by atomic mass is 9.99. The second kappa shape index (κ2) is 12.1. The molecule has 11 heteroatoms. The highest BCUT2D eigenvalue weighted by Gasteiger charge is 2.26. The minimum absolute atomic E-state index is 0.394. The van der Waals surface area contributed by atoms with Crippen LogP contribution in [0.3, 0.4) is 0 Å². The van der Waals surface area contributed by atoms with Crippen LogP contribution in [0, 0.1) is 0 Å². The van der Waals surface area contributed by atoms with Crippen LogP contribution in [0.1, 0.15) is 32.1 Å². The lowest BCUT2D eigenvalue weighted by molar-refractivity contribution is 0.141. The molecule has 4 heterocycles. The van der Waals surface area contributed by atoms with Crippen molar-refractivity contribution in [2.24, 2.45) is 0 Å². The van der Waals surface area contributed by atoms with E-state index < -0.39 is 6.03 Å². The quantitative estimate of drug-likeness (QED) is 0.176. The highest BCUT2D eigenvalue weighted by atomic mass is 16.5. The van der Waals surface area contributed by atoms with Gasteiger partial charge in [0, 0.05) is 42.0 Å². The van der Waals surface area contributed by atoms with E-state index in [0.29, 0.717) is 34.4 Å². The molecule has 2 fully saturated rings. The van der Waals surface area contributed by atoms with Crippen LogP contribution in [-0.4, -0.2) is 77.5 Å². The molecule has 3 aromatic carbocycles. The maximum atomic E-state index is 12.9. The van der Waals surface area contributed by atoms with Crippen LogP contribution in [0.4, 0.5) is 21.9 Å². The number of amides is 2. The zero-order valence-corrected chi connectivity index (χ0v) is 25.2. The predicted molar refractivity (Wildman–Crippen MR) is 174 cm³/mol. The van der Waals surface area contributed by atoms with E-state index in [0.717, 1.165) is 41.1 Å². The van der Waals surface area contributed by atoms with Gasteiger partial charge in [0.2, 0.25) is 0 Å². The van der Waals surface area contributed by atoms with Gasteiger partial charge in [-0.3, -0.25) is 5.10 Å². The summed E-state index contributed by atoms with van der Waals surface area (Å²) in [4.78, 5) is 26.4. The highest BCUT2D eigenvalue weighted by Crippen LogP contribution is 2.32. The maximum absolute atomic E-state index is 12.9. The zero-order valence-electron chi connectivity index (χ0n) is 25.2. The molecule has 5 aromatic rings. The van der Waals surface area contributed by atoms with E-state index in [1.807, 2.05) is 18.2 Å². The van der Waals surface area contributed by atoms with Gasteiger partial charge in [-0.25, -0.2) is 9.78 Å². The predicted octanol–water partition coefficient (Wildman–Crippen LogP) is 6.22. The molecule has 2 aliphatic heterocycles. The number of methoxy groups -OCH3 is 2. The Morgan fingerprint density at radius 3 is 2.52 bits per heavy atom. The van der Waals surface area contributed by atoms with Crippen molar-refractivity contribution >= 4 is 45.0 Å². The van der Waals surface area contributed by atoms with Gasteiger partial charge >= 0.3 is 6.03 Å². The summed E-state index contributed by atoms with van der Waals surface area (Å²) >= 11 is 0. The van der Waals surface area contributed by atoms with Gasteiger partial charge in [0.25, 0.3) is 0 Å². The van der Waals surface area contributed by atoms with Gasteiger partial charge in [-0.1, -0.05) is 6.42 Å². The first-order valence-corrected chi connectivity index (χ1v) is 15.4. The molecule has 44 heavy (non-hydrogen) atoms. The largest absolute Gasteiger partial charge is 0.497 e. The molecule has 0 spiro atoms. The lowest BCUT2D eigenvalue weighted by Crippen LogP contribution is -2.46. The summed E-state index contributed by atoms with van der Waals surface area (Å²) in [6, 6.07) is 17.6. The molecule has 7 rings (SSSR count). The Balaban J connectivity index is 1.06. The fourth-order valence-corrected chi connectivity index (χ4v) is 6.54. The van der Waals surface area contributed by atoms with Gasteiger partial charge in [0.15, 0.2) is 5.82 Å². The maximum Gasteiger partial charge on any atom is 0.323 e. The van der Waals surface area contributed by atoms with Crippen LogP contribution >= 0.6 is 0 Å². The molecule has 0 atom stereocenters. The zero-order chi connectivity index (χ0) is 30.0. The van der Waals surface area contributed by atoms with Crippen molar-refractivity contribution in [1.29, 1.82) is 0 Å². The fraction of sp³-hybridized carbons (Fsp3) is 0.364. The summed E-state index contributed by atoms with van der Waals surface area (Å²) in [6.45, 7) is 4.68. The number of carbonyl (C=O) groups excluding carboxylic acids is 1. The highest BCUT2D eigenvalue weighted by molar-refractivity contribution is 6.03. The third-order valence-corrected chi connectivity index (χ3v) is 8.90. The Morgan fingerprint density at radius 1 is 0.886 bits per heavy atom. The first-order valence-electron chi connectivity index (χ1n) is 15.4. The number of ether oxygens (including phenoxy) is 2. The molecule has 2 saturated heterocycles. The number of aromatic amines is 2. The summed E-state index contributed by atoms with van der Waals surface area (Å²) in [7, 11) is 3.13. The Labute approximate surface area is 255 Å². The number of rotatable bonds is 7. The first kappa shape index (κ1) is 28.0. The molecule has 228 valence electrons. The molecule has 0 radical (unpaired) electrons. The van der Waals surface area contributed by atoms with Crippen LogP contribution in [0.2, 0.25) is 0 Å². The Morgan fingerprint density at radius 2 is 1.73 bits per heavy atom. The van der Waals surface area contributed by atoms with Gasteiger partial charge in [-0.2, -0.15) is 5.10 Å². The normalized spacial score (nSPS) is 16.4. The smallest absolute Gasteiger partial charge is 0.323 e. The van der Waals surface area contributed by atoms with Crippen molar-refractivity contribution in [2.75, 3.05) is 55.9 Å². The van der Waals surface area contributed by atoms with Crippen molar-refractivity contribution < 1.29 is 14.3 Å². The molecule has 2 aliphatic rings. The number of nitrogens with zero attached hydrogens (tertiary/aromatic N) is 4. The van der Waals surface area contributed by atoms with E-state index in [4.69, 9.17) is 14.5 Å². The summed E-state index contributed by atoms with van der Waals surface area (Å²) in [5.41, 5.74) is 5.80. The third kappa shape index (κ3) is 5.62. The first-order chi connectivity index (χ1) is 21.6. The van der Waals surface area contributed by atoms with E-state index >= 15 is 0 Å². The number of anilines is 3. The Bertz CT molecular complexity index is 1780. The monoisotopic (exact) mass is 594 g/mol. The summed E-state index contributed by atoms with van der Waals surface area (Å²) in [6.07, 6.45) is 6.50. The molecule has 0 unspecified atom stereocenters. The lowest BCUT2D eigenvalue weighted by Gasteiger charge is -2.41. The summed E-state index contributed by atoms with van der Waals surface area (Å²) < 4.78 is 10.6. The number of fused-ring (bicyclic) bond motifs is 2. The van der Waals surface area contributed by atoms with Crippen LogP contribution in [0.25, 0.3) is 33.5 Å². The van der Waals surface area contributed by atoms with Crippen molar-refractivity contribution in [3.8, 4) is 23.0 Å².